The van der Waals surface area contributed by atoms with Gasteiger partial charge >= 0.3 is 0 Å². The smallest absolute Gasteiger partial charge is 0.293 e. The highest BCUT2D eigenvalue weighted by Crippen LogP contribution is 2.41. The Kier molecular flexibility index (Phi) is 4.53. The van der Waals surface area contributed by atoms with E-state index in [-0.39, 0.29) is 24.1 Å². The number of fused-ring (bicyclic) bond motifs is 1. The minimum atomic E-state index is -0.297. The Hall–Kier alpha value is -2.96. The minimum Gasteiger partial charge on any atom is -0.352 e. The monoisotopic (exact) mass is 379 g/mol. The van der Waals surface area contributed by atoms with Gasteiger partial charge in [-0.15, -0.1) is 0 Å². The summed E-state index contributed by atoms with van der Waals surface area (Å²) in [6.07, 6.45) is 3.83. The molecule has 146 valence electrons. The molecule has 0 aliphatic heterocycles. The fraction of sp³-hybridized carbons (Fsp3) is 0.429. The van der Waals surface area contributed by atoms with Crippen LogP contribution in [-0.4, -0.2) is 31.5 Å². The van der Waals surface area contributed by atoms with E-state index in [2.05, 4.69) is 22.4 Å². The van der Waals surface area contributed by atoms with Crippen LogP contribution in [0.25, 0.3) is 16.6 Å². The van der Waals surface area contributed by atoms with Gasteiger partial charge in [-0.05, 0) is 63.8 Å². The van der Waals surface area contributed by atoms with Crippen LogP contribution in [-0.2, 0) is 11.3 Å². The summed E-state index contributed by atoms with van der Waals surface area (Å²) in [4.78, 5) is 25.5. The molecule has 7 nitrogen and oxygen atoms in total. The molecule has 2 aromatic heterocycles. The third-order valence-corrected chi connectivity index (χ3v) is 5.15. The zero-order valence-corrected chi connectivity index (χ0v) is 16.7. The quantitative estimate of drug-likeness (QED) is 0.739. The number of aromatic nitrogens is 4. The fourth-order valence-corrected chi connectivity index (χ4v) is 3.42. The van der Waals surface area contributed by atoms with Gasteiger partial charge in [0.25, 0.3) is 5.56 Å². The molecule has 3 aromatic rings. The van der Waals surface area contributed by atoms with Crippen molar-refractivity contribution in [2.75, 3.05) is 0 Å². The summed E-state index contributed by atoms with van der Waals surface area (Å²) in [6, 6.07) is 6.02. The molecule has 1 aliphatic carbocycles. The summed E-state index contributed by atoms with van der Waals surface area (Å²) in [7, 11) is 0. The van der Waals surface area contributed by atoms with Crippen LogP contribution in [0.4, 0.5) is 0 Å². The van der Waals surface area contributed by atoms with Crippen molar-refractivity contribution in [2.24, 2.45) is 0 Å². The minimum absolute atomic E-state index is 0.0101. The zero-order valence-electron chi connectivity index (χ0n) is 16.7. The second-order valence-corrected chi connectivity index (χ2v) is 7.93. The van der Waals surface area contributed by atoms with Crippen molar-refractivity contribution in [1.82, 2.24) is 24.9 Å². The Morgan fingerprint density at radius 2 is 2.00 bits per heavy atom. The lowest BCUT2D eigenvalue weighted by Gasteiger charge is -2.12. The molecule has 1 aliphatic rings. The summed E-state index contributed by atoms with van der Waals surface area (Å²) in [5, 5.41) is 12.6. The number of benzene rings is 1. The summed E-state index contributed by atoms with van der Waals surface area (Å²) in [5.74, 6) is 0.114. The number of carbonyl (C=O) groups is 1. The number of hydrogen-bond acceptors (Lipinski definition) is 4. The first kappa shape index (κ1) is 18.4. The predicted molar refractivity (Wildman–Crippen MR) is 108 cm³/mol. The van der Waals surface area contributed by atoms with E-state index >= 15 is 0 Å². The van der Waals surface area contributed by atoms with E-state index in [1.165, 1.54) is 10.2 Å². The number of rotatable bonds is 5. The first-order chi connectivity index (χ1) is 13.3. The molecular formula is C21H25N5O2. The Morgan fingerprint density at radius 3 is 2.64 bits per heavy atom. The first-order valence-electron chi connectivity index (χ1n) is 9.71. The lowest BCUT2D eigenvalue weighted by atomic mass is 10.1. The third-order valence-electron chi connectivity index (χ3n) is 5.15. The average molecular weight is 379 g/mol. The molecular weight excluding hydrogens is 354 g/mol. The molecule has 0 atom stereocenters. The van der Waals surface area contributed by atoms with Crippen LogP contribution in [0.5, 0.6) is 0 Å². The molecule has 2 heterocycles. The maximum absolute atomic E-state index is 13.2. The maximum Gasteiger partial charge on any atom is 0.293 e. The van der Waals surface area contributed by atoms with Gasteiger partial charge < -0.3 is 5.32 Å². The molecule has 1 saturated carbocycles. The molecule has 1 fully saturated rings. The lowest BCUT2D eigenvalue weighted by molar-refractivity contribution is -0.122. The van der Waals surface area contributed by atoms with E-state index in [4.69, 9.17) is 0 Å². The molecule has 0 saturated heterocycles. The standard InChI is InChI=1S/C21H25N5O2/c1-12(2)23-18(27)11-25-21(28)20-17(19(24-25)15-6-7-15)10-22-26(20)16-8-5-13(3)14(4)9-16/h5,8-10,12,15H,6-7,11H2,1-4H3,(H,23,27). The number of nitrogens with zero attached hydrogens (tertiary/aromatic N) is 4. The average Bonchev–Trinajstić information content (AvgIpc) is 3.37. The van der Waals surface area contributed by atoms with Gasteiger partial charge in [-0.3, -0.25) is 9.59 Å². The lowest BCUT2D eigenvalue weighted by Crippen LogP contribution is -2.37. The van der Waals surface area contributed by atoms with Crippen molar-refractivity contribution in [1.29, 1.82) is 0 Å². The number of nitrogens with one attached hydrogen (secondary N) is 1. The highest BCUT2D eigenvalue weighted by molar-refractivity contribution is 5.83. The van der Waals surface area contributed by atoms with Gasteiger partial charge in [0.2, 0.25) is 5.91 Å². The number of hydrogen-bond donors (Lipinski definition) is 1. The summed E-state index contributed by atoms with van der Waals surface area (Å²) in [6.45, 7) is 7.78. The maximum atomic E-state index is 13.2. The third kappa shape index (κ3) is 3.32. The topological polar surface area (TPSA) is 81.8 Å². The van der Waals surface area contributed by atoms with Crippen molar-refractivity contribution in [2.45, 2.75) is 59.0 Å². The molecule has 1 amide bonds. The van der Waals surface area contributed by atoms with Crippen molar-refractivity contribution in [3.8, 4) is 5.69 Å². The highest BCUT2D eigenvalue weighted by Gasteiger charge is 2.30. The van der Waals surface area contributed by atoms with Crippen LogP contribution >= 0.6 is 0 Å². The number of aryl methyl sites for hydroxylation is 2. The predicted octanol–water partition coefficient (Wildman–Crippen LogP) is 2.60. The van der Waals surface area contributed by atoms with Crippen LogP contribution in [0, 0.1) is 13.8 Å². The molecule has 1 N–H and O–H groups in total. The summed E-state index contributed by atoms with van der Waals surface area (Å²) in [5.41, 5.74) is 4.20. The van der Waals surface area contributed by atoms with Crippen LogP contribution in [0.2, 0.25) is 0 Å². The number of amides is 1. The SMILES string of the molecule is Cc1ccc(-n2ncc3c(C4CC4)nn(CC(=O)NC(C)C)c(=O)c32)cc1C. The largest absolute Gasteiger partial charge is 0.352 e. The van der Waals surface area contributed by atoms with Gasteiger partial charge in [0, 0.05) is 17.3 Å². The second-order valence-electron chi connectivity index (χ2n) is 7.93. The van der Waals surface area contributed by atoms with Gasteiger partial charge in [0.15, 0.2) is 0 Å². The summed E-state index contributed by atoms with van der Waals surface area (Å²) >= 11 is 0. The van der Waals surface area contributed by atoms with Crippen LogP contribution in [0.1, 0.15) is 49.4 Å². The molecule has 0 spiro atoms. The van der Waals surface area contributed by atoms with Crippen molar-refractivity contribution in [3.05, 3.63) is 51.6 Å². The van der Waals surface area contributed by atoms with Gasteiger partial charge in [0.05, 0.1) is 17.6 Å². The molecule has 4 rings (SSSR count). The zero-order chi connectivity index (χ0) is 20.0. The Labute approximate surface area is 163 Å². The van der Waals surface area contributed by atoms with Gasteiger partial charge in [0.1, 0.15) is 12.1 Å². The van der Waals surface area contributed by atoms with E-state index in [0.717, 1.165) is 35.2 Å². The molecule has 1 aromatic carbocycles. The molecule has 0 bridgehead atoms. The molecule has 0 radical (unpaired) electrons. The van der Waals surface area contributed by atoms with Crippen molar-refractivity contribution < 1.29 is 4.79 Å². The number of carbonyl (C=O) groups excluding carboxylic acids is 1. The molecule has 7 heteroatoms. The Morgan fingerprint density at radius 1 is 1.25 bits per heavy atom. The van der Waals surface area contributed by atoms with Crippen LogP contribution in [0.15, 0.2) is 29.2 Å². The van der Waals surface area contributed by atoms with E-state index in [0.29, 0.717) is 11.4 Å². The van der Waals surface area contributed by atoms with Crippen LogP contribution < -0.4 is 10.9 Å². The van der Waals surface area contributed by atoms with Crippen molar-refractivity contribution in [3.63, 3.8) is 0 Å². The normalized spacial score (nSPS) is 14.0. The van der Waals surface area contributed by atoms with Gasteiger partial charge in [-0.2, -0.15) is 10.2 Å². The second kappa shape index (κ2) is 6.89. The van der Waals surface area contributed by atoms with E-state index < -0.39 is 0 Å². The van der Waals surface area contributed by atoms with E-state index in [9.17, 15) is 9.59 Å². The van der Waals surface area contributed by atoms with Crippen molar-refractivity contribution >= 4 is 16.8 Å². The molecule has 0 unspecified atom stereocenters. The molecule has 28 heavy (non-hydrogen) atoms. The fourth-order valence-electron chi connectivity index (χ4n) is 3.42. The Bertz CT molecular complexity index is 1120. The highest BCUT2D eigenvalue weighted by atomic mass is 16.2. The van der Waals surface area contributed by atoms with E-state index in [1.54, 1.807) is 10.9 Å². The van der Waals surface area contributed by atoms with Gasteiger partial charge in [-0.1, -0.05) is 6.07 Å². The van der Waals surface area contributed by atoms with Gasteiger partial charge in [-0.25, -0.2) is 9.36 Å². The van der Waals surface area contributed by atoms with Crippen LogP contribution in [0.3, 0.4) is 0 Å². The Balaban J connectivity index is 1.88. The summed E-state index contributed by atoms with van der Waals surface area (Å²) < 4.78 is 2.96. The first-order valence-corrected chi connectivity index (χ1v) is 9.71. The van der Waals surface area contributed by atoms with E-state index in [1.807, 2.05) is 39.0 Å².